The number of para-hydroxylation sites is 1. The maximum absolute atomic E-state index is 12.5. The van der Waals surface area contributed by atoms with E-state index >= 15 is 0 Å². The maximum Gasteiger partial charge on any atom is 0.272 e. The number of rotatable bonds is 4. The van der Waals surface area contributed by atoms with Crippen LogP contribution < -0.4 is 10.6 Å². The quantitative estimate of drug-likeness (QED) is 0.780. The highest BCUT2D eigenvalue weighted by Crippen LogP contribution is 2.29. The van der Waals surface area contributed by atoms with Gasteiger partial charge in [0, 0.05) is 36.5 Å². The Kier molecular flexibility index (Phi) is 5.58. The van der Waals surface area contributed by atoms with Gasteiger partial charge in [-0.1, -0.05) is 47.5 Å². The van der Waals surface area contributed by atoms with Gasteiger partial charge in [0.1, 0.15) is 11.4 Å². The van der Waals surface area contributed by atoms with Gasteiger partial charge in [-0.15, -0.1) is 0 Å². The van der Waals surface area contributed by atoms with Crippen molar-refractivity contribution in [3.05, 3.63) is 64.1 Å². The number of nitrogens with one attached hydrogen (secondary N) is 2. The molecule has 2 heterocycles. The smallest absolute Gasteiger partial charge is 0.272 e. The van der Waals surface area contributed by atoms with Gasteiger partial charge in [0.15, 0.2) is 0 Å². The number of amides is 2. The highest BCUT2D eigenvalue weighted by Gasteiger charge is 2.42. The lowest BCUT2D eigenvalue weighted by atomic mass is 9.98. The minimum absolute atomic E-state index is 0.118. The van der Waals surface area contributed by atoms with Gasteiger partial charge < -0.3 is 10.6 Å². The van der Waals surface area contributed by atoms with Crippen LogP contribution in [0.25, 0.3) is 0 Å². The van der Waals surface area contributed by atoms with Crippen LogP contribution in [0.4, 0.5) is 5.69 Å². The van der Waals surface area contributed by atoms with E-state index in [0.717, 1.165) is 0 Å². The lowest BCUT2D eigenvalue weighted by Crippen LogP contribution is -2.52. The van der Waals surface area contributed by atoms with Crippen LogP contribution in [0.2, 0.25) is 10.0 Å². The Morgan fingerprint density at radius 2 is 1.90 bits per heavy atom. The van der Waals surface area contributed by atoms with E-state index in [1.54, 1.807) is 30.3 Å². The summed E-state index contributed by atoms with van der Waals surface area (Å²) in [6.07, 6.45) is 1.28. The largest absolute Gasteiger partial charge is 0.326 e. The summed E-state index contributed by atoms with van der Waals surface area (Å²) < 4.78 is 0. The highest BCUT2D eigenvalue weighted by molar-refractivity contribution is 6.47. The highest BCUT2D eigenvalue weighted by atomic mass is 35.5. The molecule has 0 radical (unpaired) electrons. The minimum atomic E-state index is -0.607. The molecule has 2 aliphatic rings. The number of nitrogens with zero attached hydrogens (tertiary/aromatic N) is 2. The summed E-state index contributed by atoms with van der Waals surface area (Å²) >= 11 is 12.1. The number of benzene rings is 2. The van der Waals surface area contributed by atoms with Crippen LogP contribution in [-0.2, 0) is 9.59 Å². The third-order valence-electron chi connectivity index (χ3n) is 5.18. The molecule has 6 nitrogen and oxygen atoms in total. The first-order valence-electron chi connectivity index (χ1n) is 9.39. The molecular weight excluding hydrogens is 411 g/mol. The molecule has 0 aromatic heterocycles. The molecule has 0 atom stereocenters. The number of carbonyl (C=O) groups excluding carboxylic acids is 2. The van der Waals surface area contributed by atoms with Crippen molar-refractivity contribution in [2.75, 3.05) is 25.0 Å². The van der Waals surface area contributed by atoms with Crippen molar-refractivity contribution >= 4 is 46.4 Å². The van der Waals surface area contributed by atoms with Crippen molar-refractivity contribution in [2.45, 2.75) is 18.5 Å². The molecule has 0 unspecified atom stereocenters. The zero-order chi connectivity index (χ0) is 20.4. The predicted molar refractivity (Wildman–Crippen MR) is 115 cm³/mol. The van der Waals surface area contributed by atoms with Crippen LogP contribution in [0, 0.1) is 0 Å². The summed E-state index contributed by atoms with van der Waals surface area (Å²) in [5.74, 6) is -0.301. The molecule has 0 saturated carbocycles. The Hall–Kier alpha value is -2.41. The number of hydrogen-bond acceptors (Lipinski definition) is 4. The van der Waals surface area contributed by atoms with Gasteiger partial charge in [-0.05, 0) is 24.3 Å². The first kappa shape index (κ1) is 19.9. The number of halogens is 2. The summed E-state index contributed by atoms with van der Waals surface area (Å²) in [6, 6.07) is 14.3. The number of aliphatic imine (C=N–C) groups is 1. The van der Waals surface area contributed by atoms with Gasteiger partial charge in [0.25, 0.3) is 5.91 Å². The van der Waals surface area contributed by atoms with E-state index in [4.69, 9.17) is 28.2 Å². The molecule has 1 fully saturated rings. The number of anilines is 1. The van der Waals surface area contributed by atoms with E-state index in [-0.39, 0.29) is 18.4 Å². The first-order chi connectivity index (χ1) is 13.9. The van der Waals surface area contributed by atoms with Crippen LogP contribution in [0.1, 0.15) is 18.4 Å². The molecule has 2 amide bonds. The van der Waals surface area contributed by atoms with Crippen molar-refractivity contribution in [1.82, 2.24) is 10.2 Å². The third kappa shape index (κ3) is 4.45. The minimum Gasteiger partial charge on any atom is -0.326 e. The SMILES string of the molecule is O=C(CN1CCC2(CC1)N=C(c1cccc(Cl)c1)C(=O)N2)Nc1ccccc1Cl. The molecule has 1 saturated heterocycles. The van der Waals surface area contributed by atoms with Crippen molar-refractivity contribution in [1.29, 1.82) is 0 Å². The number of hydrogen-bond donors (Lipinski definition) is 2. The van der Waals surface area contributed by atoms with Gasteiger partial charge in [-0.3, -0.25) is 19.5 Å². The normalized spacial score (nSPS) is 18.4. The second-order valence-corrected chi connectivity index (χ2v) is 8.10. The summed E-state index contributed by atoms with van der Waals surface area (Å²) in [4.78, 5) is 31.6. The van der Waals surface area contributed by atoms with E-state index in [1.807, 2.05) is 18.2 Å². The molecule has 2 aliphatic heterocycles. The van der Waals surface area contributed by atoms with Crippen molar-refractivity contribution < 1.29 is 9.59 Å². The Labute approximate surface area is 178 Å². The molecule has 0 bridgehead atoms. The van der Waals surface area contributed by atoms with Crippen molar-refractivity contribution in [2.24, 2.45) is 4.99 Å². The summed E-state index contributed by atoms with van der Waals surface area (Å²) in [7, 11) is 0. The summed E-state index contributed by atoms with van der Waals surface area (Å²) in [6.45, 7) is 1.57. The van der Waals surface area contributed by atoms with Gasteiger partial charge >= 0.3 is 0 Å². The second kappa shape index (κ2) is 8.14. The fraction of sp³-hybridized carbons (Fsp3) is 0.286. The Balaban J connectivity index is 1.37. The lowest BCUT2D eigenvalue weighted by molar-refractivity contribution is -0.119. The first-order valence-corrected chi connectivity index (χ1v) is 10.1. The Morgan fingerprint density at radius 1 is 1.14 bits per heavy atom. The zero-order valence-corrected chi connectivity index (χ0v) is 17.1. The third-order valence-corrected chi connectivity index (χ3v) is 5.75. The molecule has 0 aliphatic carbocycles. The average molecular weight is 431 g/mol. The fourth-order valence-corrected chi connectivity index (χ4v) is 4.04. The van der Waals surface area contributed by atoms with E-state index in [9.17, 15) is 9.59 Å². The molecule has 150 valence electrons. The molecule has 2 aromatic rings. The molecule has 29 heavy (non-hydrogen) atoms. The van der Waals surface area contributed by atoms with Crippen LogP contribution in [0.5, 0.6) is 0 Å². The van der Waals surface area contributed by atoms with E-state index in [1.165, 1.54) is 0 Å². The zero-order valence-electron chi connectivity index (χ0n) is 15.6. The number of carbonyl (C=O) groups is 2. The van der Waals surface area contributed by atoms with Crippen LogP contribution in [0.3, 0.4) is 0 Å². The monoisotopic (exact) mass is 430 g/mol. The summed E-state index contributed by atoms with van der Waals surface area (Å²) in [5, 5.41) is 6.94. The lowest BCUT2D eigenvalue weighted by Gasteiger charge is -2.36. The van der Waals surface area contributed by atoms with Crippen LogP contribution in [0.15, 0.2) is 53.5 Å². The van der Waals surface area contributed by atoms with Crippen molar-refractivity contribution in [3.8, 4) is 0 Å². The van der Waals surface area contributed by atoms with Gasteiger partial charge in [0.2, 0.25) is 5.91 Å². The van der Waals surface area contributed by atoms with Crippen LogP contribution >= 0.6 is 23.2 Å². The number of piperidine rings is 1. The molecule has 1 spiro atoms. The standard InChI is InChI=1S/C21H20Cl2N4O2/c22-15-5-3-4-14(12-15)19-20(29)26-21(25-19)8-10-27(11-9-21)13-18(28)24-17-7-2-1-6-16(17)23/h1-7,12H,8-11,13H2,(H,24,28)(H,26,29). The van der Waals surface area contributed by atoms with E-state index in [2.05, 4.69) is 15.5 Å². The Morgan fingerprint density at radius 3 is 2.62 bits per heavy atom. The van der Waals surface area contributed by atoms with Gasteiger partial charge in [-0.25, -0.2) is 0 Å². The van der Waals surface area contributed by atoms with Gasteiger partial charge in [0.05, 0.1) is 17.3 Å². The van der Waals surface area contributed by atoms with E-state index < -0.39 is 5.66 Å². The Bertz CT molecular complexity index is 984. The van der Waals surface area contributed by atoms with Crippen LogP contribution in [-0.4, -0.2) is 47.7 Å². The fourth-order valence-electron chi connectivity index (χ4n) is 3.67. The second-order valence-electron chi connectivity index (χ2n) is 7.26. The molecule has 8 heteroatoms. The van der Waals surface area contributed by atoms with Crippen molar-refractivity contribution in [3.63, 3.8) is 0 Å². The van der Waals surface area contributed by atoms with E-state index in [0.29, 0.717) is 52.9 Å². The van der Waals surface area contributed by atoms with Gasteiger partial charge in [-0.2, -0.15) is 0 Å². The molecular formula is C21H20Cl2N4O2. The summed E-state index contributed by atoms with van der Waals surface area (Å²) in [5.41, 5.74) is 1.13. The predicted octanol–water partition coefficient (Wildman–Crippen LogP) is 3.34. The molecule has 2 aromatic carbocycles. The topological polar surface area (TPSA) is 73.8 Å². The number of likely N-dealkylation sites (tertiary alicyclic amines) is 1. The molecule has 2 N–H and O–H groups in total. The maximum atomic E-state index is 12.5. The average Bonchev–Trinajstić information content (AvgIpc) is 3.02. The molecule has 4 rings (SSSR count).